The molecule has 0 aromatic carbocycles. The van der Waals surface area contributed by atoms with Crippen molar-refractivity contribution in [3.8, 4) is 0 Å². The molecule has 1 saturated carbocycles. The average Bonchev–Trinajstić information content (AvgIpc) is 2.16. The van der Waals surface area contributed by atoms with Crippen molar-refractivity contribution < 1.29 is 0 Å². The minimum absolute atomic E-state index is 0.602. The Bertz CT molecular complexity index is 186. The van der Waals surface area contributed by atoms with Crippen molar-refractivity contribution in [1.29, 1.82) is 0 Å². The summed E-state index contributed by atoms with van der Waals surface area (Å²) < 4.78 is 0. The van der Waals surface area contributed by atoms with E-state index in [9.17, 15) is 0 Å². The Morgan fingerprint density at radius 1 is 1.19 bits per heavy atom. The summed E-state index contributed by atoms with van der Waals surface area (Å²) in [5, 5.41) is 3.71. The van der Waals surface area contributed by atoms with Crippen molar-refractivity contribution in [2.75, 3.05) is 6.54 Å². The summed E-state index contributed by atoms with van der Waals surface area (Å²) in [6.07, 6.45) is 7.03. The third kappa shape index (κ3) is 4.45. The van der Waals surface area contributed by atoms with E-state index in [0.717, 1.165) is 24.4 Å². The van der Waals surface area contributed by atoms with E-state index in [1.807, 2.05) is 0 Å². The minimum Gasteiger partial charge on any atom is -0.314 e. The highest BCUT2D eigenvalue weighted by molar-refractivity contribution is 4.85. The van der Waals surface area contributed by atoms with Crippen LogP contribution < -0.4 is 5.32 Å². The van der Waals surface area contributed by atoms with Gasteiger partial charge in [0, 0.05) is 6.04 Å². The molecule has 0 heterocycles. The number of hydrogen-bond donors (Lipinski definition) is 1. The lowest BCUT2D eigenvalue weighted by Gasteiger charge is -2.39. The Balaban J connectivity index is 2.46. The molecule has 0 aromatic rings. The van der Waals surface area contributed by atoms with Crippen LogP contribution >= 0.6 is 0 Å². The molecular weight excluding hydrogens is 194 g/mol. The molecule has 1 heteroatoms. The fourth-order valence-electron chi connectivity index (χ4n) is 3.04. The first kappa shape index (κ1) is 14.0. The van der Waals surface area contributed by atoms with Crippen LogP contribution in [0.4, 0.5) is 0 Å². The molecule has 0 aliphatic heterocycles. The molecule has 1 unspecified atom stereocenters. The summed E-state index contributed by atoms with van der Waals surface area (Å²) in [6.45, 7) is 12.9. The second kappa shape index (κ2) is 6.05. The predicted octanol–water partition coefficient (Wildman–Crippen LogP) is 4.23. The normalized spacial score (nSPS) is 23.6. The van der Waals surface area contributed by atoms with Crippen LogP contribution in [0.5, 0.6) is 0 Å². The van der Waals surface area contributed by atoms with E-state index in [0.29, 0.717) is 5.41 Å². The molecule has 0 bridgehead atoms. The molecule has 1 atom stereocenters. The fourth-order valence-corrected chi connectivity index (χ4v) is 3.04. The monoisotopic (exact) mass is 225 g/mol. The van der Waals surface area contributed by atoms with Gasteiger partial charge in [-0.25, -0.2) is 0 Å². The molecule has 1 aliphatic carbocycles. The van der Waals surface area contributed by atoms with Gasteiger partial charge in [0.25, 0.3) is 0 Å². The summed E-state index contributed by atoms with van der Waals surface area (Å²) in [4.78, 5) is 0. The molecule has 0 spiro atoms. The average molecular weight is 225 g/mol. The zero-order chi connectivity index (χ0) is 12.2. The third-order valence-electron chi connectivity index (χ3n) is 4.14. The Hall–Kier alpha value is -0.0400. The van der Waals surface area contributed by atoms with E-state index in [-0.39, 0.29) is 0 Å². The summed E-state index contributed by atoms with van der Waals surface area (Å²) >= 11 is 0. The molecule has 0 saturated heterocycles. The standard InChI is InChI=1S/C15H31N/c1-6-16-14(11-12(2)3)13-7-9-15(4,5)10-8-13/h12-14,16H,6-11H2,1-5H3. The maximum absolute atomic E-state index is 3.71. The highest BCUT2D eigenvalue weighted by Crippen LogP contribution is 2.40. The predicted molar refractivity (Wildman–Crippen MR) is 72.7 cm³/mol. The fraction of sp³-hybridized carbons (Fsp3) is 1.00. The number of rotatable bonds is 5. The third-order valence-corrected chi connectivity index (χ3v) is 4.14. The van der Waals surface area contributed by atoms with Gasteiger partial charge in [0.2, 0.25) is 0 Å². The molecule has 1 aliphatic rings. The molecule has 1 nitrogen and oxygen atoms in total. The molecular formula is C15H31N. The highest BCUT2D eigenvalue weighted by atomic mass is 14.9. The Kier molecular flexibility index (Phi) is 5.30. The SMILES string of the molecule is CCNC(CC(C)C)C1CCC(C)(C)CC1. The maximum Gasteiger partial charge on any atom is 0.00976 e. The second-order valence-electron chi connectivity index (χ2n) is 6.80. The van der Waals surface area contributed by atoms with Gasteiger partial charge in [-0.05, 0) is 55.9 Å². The first-order valence-electron chi connectivity index (χ1n) is 7.18. The first-order chi connectivity index (χ1) is 7.44. The van der Waals surface area contributed by atoms with Gasteiger partial charge in [-0.1, -0.05) is 34.6 Å². The summed E-state index contributed by atoms with van der Waals surface area (Å²) in [7, 11) is 0. The van der Waals surface area contributed by atoms with Crippen molar-refractivity contribution in [3.05, 3.63) is 0 Å². The largest absolute Gasteiger partial charge is 0.314 e. The topological polar surface area (TPSA) is 12.0 Å². The van der Waals surface area contributed by atoms with Gasteiger partial charge in [0.05, 0.1) is 0 Å². The molecule has 0 radical (unpaired) electrons. The van der Waals surface area contributed by atoms with Crippen LogP contribution in [0.2, 0.25) is 0 Å². The van der Waals surface area contributed by atoms with Gasteiger partial charge >= 0.3 is 0 Å². The van der Waals surface area contributed by atoms with Crippen LogP contribution in [0.3, 0.4) is 0 Å². The van der Waals surface area contributed by atoms with Gasteiger partial charge in [-0.2, -0.15) is 0 Å². The maximum atomic E-state index is 3.71. The lowest BCUT2D eigenvalue weighted by atomic mass is 9.70. The van der Waals surface area contributed by atoms with E-state index in [4.69, 9.17) is 0 Å². The number of hydrogen-bond acceptors (Lipinski definition) is 1. The molecule has 16 heavy (non-hydrogen) atoms. The molecule has 1 N–H and O–H groups in total. The van der Waals surface area contributed by atoms with Gasteiger partial charge in [0.15, 0.2) is 0 Å². The van der Waals surface area contributed by atoms with Crippen LogP contribution in [0.15, 0.2) is 0 Å². The summed E-state index contributed by atoms with van der Waals surface area (Å²) in [5.74, 6) is 1.74. The molecule has 1 rings (SSSR count). The number of nitrogens with one attached hydrogen (secondary N) is 1. The van der Waals surface area contributed by atoms with Gasteiger partial charge < -0.3 is 5.32 Å². The molecule has 0 amide bonds. The van der Waals surface area contributed by atoms with E-state index in [1.165, 1.54) is 32.1 Å². The zero-order valence-corrected chi connectivity index (χ0v) is 12.0. The van der Waals surface area contributed by atoms with Crippen molar-refractivity contribution >= 4 is 0 Å². The van der Waals surface area contributed by atoms with E-state index in [1.54, 1.807) is 0 Å². The van der Waals surface area contributed by atoms with Crippen LogP contribution in [0.1, 0.15) is 66.7 Å². The van der Waals surface area contributed by atoms with E-state index in [2.05, 4.69) is 39.9 Å². The van der Waals surface area contributed by atoms with Gasteiger partial charge in [-0.3, -0.25) is 0 Å². The lowest BCUT2D eigenvalue weighted by Crippen LogP contribution is -2.40. The van der Waals surface area contributed by atoms with Crippen LogP contribution in [0.25, 0.3) is 0 Å². The van der Waals surface area contributed by atoms with Crippen molar-refractivity contribution in [1.82, 2.24) is 5.32 Å². The quantitative estimate of drug-likeness (QED) is 0.738. The Labute approximate surface area is 102 Å². The van der Waals surface area contributed by atoms with Crippen LogP contribution in [-0.2, 0) is 0 Å². The zero-order valence-electron chi connectivity index (χ0n) is 12.0. The second-order valence-corrected chi connectivity index (χ2v) is 6.80. The van der Waals surface area contributed by atoms with E-state index < -0.39 is 0 Å². The summed E-state index contributed by atoms with van der Waals surface area (Å²) in [6, 6.07) is 0.765. The van der Waals surface area contributed by atoms with Gasteiger partial charge in [0.1, 0.15) is 0 Å². The molecule has 96 valence electrons. The van der Waals surface area contributed by atoms with Crippen LogP contribution in [-0.4, -0.2) is 12.6 Å². The van der Waals surface area contributed by atoms with E-state index >= 15 is 0 Å². The van der Waals surface area contributed by atoms with Crippen molar-refractivity contribution in [2.45, 2.75) is 72.8 Å². The van der Waals surface area contributed by atoms with Crippen molar-refractivity contribution in [3.63, 3.8) is 0 Å². The smallest absolute Gasteiger partial charge is 0.00976 e. The molecule has 1 fully saturated rings. The Morgan fingerprint density at radius 3 is 2.19 bits per heavy atom. The minimum atomic E-state index is 0.602. The molecule has 0 aromatic heterocycles. The van der Waals surface area contributed by atoms with Crippen LogP contribution in [0, 0.1) is 17.3 Å². The first-order valence-corrected chi connectivity index (χ1v) is 7.18. The lowest BCUT2D eigenvalue weighted by molar-refractivity contribution is 0.153. The highest BCUT2D eigenvalue weighted by Gasteiger charge is 2.31. The van der Waals surface area contributed by atoms with Gasteiger partial charge in [-0.15, -0.1) is 0 Å². The van der Waals surface area contributed by atoms with Crippen molar-refractivity contribution in [2.24, 2.45) is 17.3 Å². The summed E-state index contributed by atoms with van der Waals surface area (Å²) in [5.41, 5.74) is 0.602. The Morgan fingerprint density at radius 2 is 1.75 bits per heavy atom.